The summed E-state index contributed by atoms with van der Waals surface area (Å²) in [4.78, 5) is 0. The molecule has 0 amide bonds. The third kappa shape index (κ3) is 4.70. The van der Waals surface area contributed by atoms with Gasteiger partial charge < -0.3 is 10.3 Å². The zero-order chi connectivity index (χ0) is 9.94. The van der Waals surface area contributed by atoms with Crippen LogP contribution in [0.3, 0.4) is 0 Å². The van der Waals surface area contributed by atoms with Crippen LogP contribution < -0.4 is 10.8 Å². The van der Waals surface area contributed by atoms with Gasteiger partial charge in [0.25, 0.3) is 0 Å². The van der Waals surface area contributed by atoms with E-state index in [1.165, 1.54) is 0 Å². The molecule has 74 valence electrons. The Hall–Kier alpha value is -0.120. The number of nitrogens with two attached hydrogens (primary N) is 1. The SMILES string of the molecule is CC(C)[NH+]([O-])C(N)CC(C)(C)C. The van der Waals surface area contributed by atoms with E-state index in [0.29, 0.717) is 0 Å². The van der Waals surface area contributed by atoms with E-state index in [1.807, 2.05) is 13.8 Å². The van der Waals surface area contributed by atoms with Crippen molar-refractivity contribution in [2.75, 3.05) is 0 Å². The van der Waals surface area contributed by atoms with Gasteiger partial charge in [0.15, 0.2) is 0 Å². The second-order valence-corrected chi connectivity index (χ2v) is 4.93. The van der Waals surface area contributed by atoms with E-state index in [4.69, 9.17) is 5.73 Å². The normalized spacial score (nSPS) is 18.0. The van der Waals surface area contributed by atoms with Crippen molar-refractivity contribution in [1.29, 1.82) is 0 Å². The molecule has 0 heterocycles. The molecule has 0 rings (SSSR count). The van der Waals surface area contributed by atoms with Gasteiger partial charge in [-0.3, -0.25) is 5.73 Å². The maximum absolute atomic E-state index is 11.4. The highest BCUT2D eigenvalue weighted by Gasteiger charge is 2.21. The van der Waals surface area contributed by atoms with Gasteiger partial charge in [-0.15, -0.1) is 0 Å². The van der Waals surface area contributed by atoms with Gasteiger partial charge in [0, 0.05) is 6.42 Å². The van der Waals surface area contributed by atoms with Crippen LogP contribution in [0.15, 0.2) is 0 Å². The lowest BCUT2D eigenvalue weighted by Crippen LogP contribution is -3.16. The van der Waals surface area contributed by atoms with Crippen molar-refractivity contribution in [2.24, 2.45) is 11.1 Å². The zero-order valence-electron chi connectivity index (χ0n) is 8.85. The Kier molecular flexibility index (Phi) is 4.17. The molecule has 0 spiro atoms. The first-order valence-corrected chi connectivity index (χ1v) is 4.53. The van der Waals surface area contributed by atoms with Gasteiger partial charge in [-0.25, -0.2) is 0 Å². The van der Waals surface area contributed by atoms with Crippen molar-refractivity contribution in [3.63, 3.8) is 0 Å². The quantitative estimate of drug-likeness (QED) is 0.483. The molecule has 0 aliphatic heterocycles. The van der Waals surface area contributed by atoms with Crippen LogP contribution in [-0.4, -0.2) is 12.2 Å². The minimum atomic E-state index is -0.287. The Morgan fingerprint density at radius 3 is 2.00 bits per heavy atom. The molecule has 0 fully saturated rings. The Balaban J connectivity index is 3.95. The number of quaternary nitrogens is 1. The standard InChI is InChI=1S/C9H22N2O/c1-7(2)11(12)8(10)6-9(3,4)5/h7-8,11H,6,10H2,1-5H3. The third-order valence-corrected chi connectivity index (χ3v) is 1.77. The largest absolute Gasteiger partial charge is 0.633 e. The van der Waals surface area contributed by atoms with E-state index < -0.39 is 0 Å². The smallest absolute Gasteiger partial charge is 0.139 e. The number of hydrogen-bond donors (Lipinski definition) is 2. The average Bonchev–Trinajstić information content (AvgIpc) is 1.82. The van der Waals surface area contributed by atoms with Crippen LogP contribution in [0, 0.1) is 10.6 Å². The highest BCUT2D eigenvalue weighted by Crippen LogP contribution is 2.18. The van der Waals surface area contributed by atoms with Crippen LogP contribution in [0.4, 0.5) is 0 Å². The summed E-state index contributed by atoms with van der Waals surface area (Å²) in [6.45, 7) is 10.1. The van der Waals surface area contributed by atoms with Crippen molar-refractivity contribution < 1.29 is 5.06 Å². The molecule has 0 saturated heterocycles. The van der Waals surface area contributed by atoms with Crippen molar-refractivity contribution in [3.8, 4) is 0 Å². The molecule has 0 aromatic carbocycles. The van der Waals surface area contributed by atoms with E-state index in [0.717, 1.165) is 6.42 Å². The molecular formula is C9H22N2O. The highest BCUT2D eigenvalue weighted by molar-refractivity contribution is 4.64. The van der Waals surface area contributed by atoms with Crippen molar-refractivity contribution in [1.82, 2.24) is 0 Å². The second-order valence-electron chi connectivity index (χ2n) is 4.93. The van der Waals surface area contributed by atoms with Gasteiger partial charge in [-0.1, -0.05) is 20.8 Å². The highest BCUT2D eigenvalue weighted by atomic mass is 16.5. The molecule has 2 unspecified atom stereocenters. The summed E-state index contributed by atoms with van der Waals surface area (Å²) < 4.78 is 0. The Bertz CT molecular complexity index is 129. The Morgan fingerprint density at radius 1 is 1.33 bits per heavy atom. The fraction of sp³-hybridized carbons (Fsp3) is 1.00. The number of nitrogens with one attached hydrogen (secondary N) is 1. The van der Waals surface area contributed by atoms with Crippen LogP contribution in [0.1, 0.15) is 41.0 Å². The molecule has 12 heavy (non-hydrogen) atoms. The second kappa shape index (κ2) is 4.21. The molecule has 3 heteroatoms. The zero-order valence-corrected chi connectivity index (χ0v) is 8.85. The predicted octanol–water partition coefficient (Wildman–Crippen LogP) is 0.498. The lowest BCUT2D eigenvalue weighted by Gasteiger charge is -2.35. The monoisotopic (exact) mass is 174 g/mol. The van der Waals surface area contributed by atoms with Gasteiger partial charge in [-0.05, 0) is 19.3 Å². The molecule has 0 aliphatic rings. The fourth-order valence-corrected chi connectivity index (χ4v) is 1.19. The molecule has 0 radical (unpaired) electrons. The van der Waals surface area contributed by atoms with Crippen molar-refractivity contribution in [2.45, 2.75) is 53.2 Å². The molecule has 0 aliphatic carbocycles. The van der Waals surface area contributed by atoms with Gasteiger partial charge in [-0.2, -0.15) is 0 Å². The minimum absolute atomic E-state index is 0.0577. The van der Waals surface area contributed by atoms with Crippen LogP contribution >= 0.6 is 0 Å². The van der Waals surface area contributed by atoms with E-state index in [1.54, 1.807) is 0 Å². The number of hydrogen-bond acceptors (Lipinski definition) is 2. The summed E-state index contributed by atoms with van der Waals surface area (Å²) in [5.74, 6) is 0. The Morgan fingerprint density at radius 2 is 1.75 bits per heavy atom. The van der Waals surface area contributed by atoms with Crippen LogP contribution in [0.25, 0.3) is 0 Å². The van der Waals surface area contributed by atoms with E-state index >= 15 is 0 Å². The molecule has 2 atom stereocenters. The lowest BCUT2D eigenvalue weighted by molar-refractivity contribution is -0.898. The van der Waals surface area contributed by atoms with Gasteiger partial charge >= 0.3 is 0 Å². The minimum Gasteiger partial charge on any atom is -0.633 e. The first kappa shape index (κ1) is 11.9. The molecular weight excluding hydrogens is 152 g/mol. The van der Waals surface area contributed by atoms with Crippen LogP contribution in [-0.2, 0) is 0 Å². The first-order chi connectivity index (χ1) is 5.24. The van der Waals surface area contributed by atoms with E-state index in [9.17, 15) is 5.21 Å². The maximum atomic E-state index is 11.4. The lowest BCUT2D eigenvalue weighted by atomic mass is 9.90. The van der Waals surface area contributed by atoms with Crippen LogP contribution in [0.5, 0.6) is 0 Å². The first-order valence-electron chi connectivity index (χ1n) is 4.53. The summed E-state index contributed by atoms with van der Waals surface area (Å²) in [6, 6.07) is 0.0577. The molecule has 0 aromatic heterocycles. The molecule has 0 aromatic rings. The van der Waals surface area contributed by atoms with Crippen molar-refractivity contribution in [3.05, 3.63) is 5.21 Å². The maximum Gasteiger partial charge on any atom is 0.139 e. The fourth-order valence-electron chi connectivity index (χ4n) is 1.19. The van der Waals surface area contributed by atoms with E-state index in [-0.39, 0.29) is 22.7 Å². The summed E-state index contributed by atoms with van der Waals surface area (Å²) in [7, 11) is 0. The molecule has 3 nitrogen and oxygen atoms in total. The summed E-state index contributed by atoms with van der Waals surface area (Å²) >= 11 is 0. The Labute approximate surface area is 75.5 Å². The van der Waals surface area contributed by atoms with E-state index in [2.05, 4.69) is 20.8 Å². The number of hydroxylamine groups is 2. The summed E-state index contributed by atoms with van der Waals surface area (Å²) in [6.07, 6.45) is 0.481. The summed E-state index contributed by atoms with van der Waals surface area (Å²) in [5, 5.41) is 11.6. The third-order valence-electron chi connectivity index (χ3n) is 1.77. The van der Waals surface area contributed by atoms with Crippen molar-refractivity contribution >= 4 is 0 Å². The molecule has 3 N–H and O–H groups in total. The van der Waals surface area contributed by atoms with Gasteiger partial charge in [0.05, 0.1) is 6.04 Å². The topological polar surface area (TPSA) is 53.5 Å². The number of rotatable bonds is 3. The predicted molar refractivity (Wildman–Crippen MR) is 51.5 cm³/mol. The van der Waals surface area contributed by atoms with Crippen LogP contribution in [0.2, 0.25) is 0 Å². The van der Waals surface area contributed by atoms with Gasteiger partial charge in [0.1, 0.15) is 6.17 Å². The molecule has 0 saturated carbocycles. The summed E-state index contributed by atoms with van der Waals surface area (Å²) in [5.41, 5.74) is 5.90. The van der Waals surface area contributed by atoms with Gasteiger partial charge in [0.2, 0.25) is 0 Å². The molecule has 0 bridgehead atoms. The average molecular weight is 174 g/mol.